The molecular formula is C20H19BrN4O4S. The number of benzene rings is 1. The molecule has 0 radical (unpaired) electrons. The Labute approximate surface area is 184 Å². The van der Waals surface area contributed by atoms with Crippen molar-refractivity contribution >= 4 is 49.6 Å². The molecule has 0 saturated carbocycles. The average Bonchev–Trinajstić information content (AvgIpc) is 3.12. The van der Waals surface area contributed by atoms with Gasteiger partial charge in [-0.3, -0.25) is 14.2 Å². The smallest absolute Gasteiger partial charge is 0.262 e. The first kappa shape index (κ1) is 20.5. The Kier molecular flexibility index (Phi) is 5.87. The molecule has 1 aliphatic rings. The third-order valence-electron chi connectivity index (χ3n) is 4.93. The van der Waals surface area contributed by atoms with E-state index in [0.29, 0.717) is 15.4 Å². The van der Waals surface area contributed by atoms with Crippen molar-refractivity contribution < 1.29 is 14.6 Å². The van der Waals surface area contributed by atoms with Gasteiger partial charge in [-0.1, -0.05) is 0 Å². The van der Waals surface area contributed by atoms with Crippen molar-refractivity contribution in [2.24, 2.45) is 5.10 Å². The van der Waals surface area contributed by atoms with E-state index in [2.05, 4.69) is 31.4 Å². The maximum atomic E-state index is 12.9. The molecule has 10 heteroatoms. The van der Waals surface area contributed by atoms with E-state index < -0.39 is 5.91 Å². The number of carbonyl (C=O) groups is 1. The minimum Gasteiger partial charge on any atom is -0.503 e. The van der Waals surface area contributed by atoms with Crippen molar-refractivity contribution in [3.05, 3.63) is 49.3 Å². The summed E-state index contributed by atoms with van der Waals surface area (Å²) in [6.07, 6.45) is 6.92. The number of hydrazone groups is 1. The highest BCUT2D eigenvalue weighted by Crippen LogP contribution is 2.35. The number of aryl methyl sites for hydroxylation is 2. The second-order valence-electron chi connectivity index (χ2n) is 6.92. The Morgan fingerprint density at radius 2 is 2.23 bits per heavy atom. The van der Waals surface area contributed by atoms with Crippen molar-refractivity contribution in [1.82, 2.24) is 15.0 Å². The first-order valence-corrected chi connectivity index (χ1v) is 11.0. The first-order valence-electron chi connectivity index (χ1n) is 9.36. The summed E-state index contributed by atoms with van der Waals surface area (Å²) in [6.45, 7) is -0.174. The highest BCUT2D eigenvalue weighted by Gasteiger charge is 2.20. The van der Waals surface area contributed by atoms with Crippen LogP contribution in [0.4, 0.5) is 0 Å². The van der Waals surface area contributed by atoms with Gasteiger partial charge in [0.1, 0.15) is 11.4 Å². The SMILES string of the molecule is COc1cc(/C=N/NC(=O)Cn2cnc3sc4c(c3c2=O)CCCC4)cc(Br)c1O. The summed E-state index contributed by atoms with van der Waals surface area (Å²) in [6, 6.07) is 3.22. The summed E-state index contributed by atoms with van der Waals surface area (Å²) >= 11 is 4.81. The third-order valence-corrected chi connectivity index (χ3v) is 6.73. The van der Waals surface area contributed by atoms with Gasteiger partial charge in [0, 0.05) is 4.88 Å². The van der Waals surface area contributed by atoms with E-state index in [-0.39, 0.29) is 23.6 Å². The van der Waals surface area contributed by atoms with Gasteiger partial charge in [-0.2, -0.15) is 5.10 Å². The molecule has 8 nitrogen and oxygen atoms in total. The van der Waals surface area contributed by atoms with Gasteiger partial charge in [-0.15, -0.1) is 11.3 Å². The summed E-state index contributed by atoms with van der Waals surface area (Å²) in [5.74, 6) is -0.179. The number of rotatable bonds is 5. The second-order valence-corrected chi connectivity index (χ2v) is 8.85. The number of halogens is 1. The largest absolute Gasteiger partial charge is 0.503 e. The van der Waals surface area contributed by atoms with Crippen molar-refractivity contribution in [2.75, 3.05) is 7.11 Å². The maximum Gasteiger partial charge on any atom is 0.262 e. The number of phenolic OH excluding ortho intramolecular Hbond substituents is 1. The number of thiophene rings is 1. The summed E-state index contributed by atoms with van der Waals surface area (Å²) in [7, 11) is 1.44. The van der Waals surface area contributed by atoms with Crippen molar-refractivity contribution in [3.63, 3.8) is 0 Å². The van der Waals surface area contributed by atoms with Crippen molar-refractivity contribution in [1.29, 1.82) is 0 Å². The molecule has 1 aromatic carbocycles. The first-order chi connectivity index (χ1) is 14.5. The zero-order valence-electron chi connectivity index (χ0n) is 16.1. The van der Waals surface area contributed by atoms with Crippen LogP contribution in [0.5, 0.6) is 11.5 Å². The molecule has 2 N–H and O–H groups in total. The standard InChI is InChI=1S/C20H19BrN4O4S/c1-29-14-7-11(6-13(21)18(14)27)8-23-24-16(26)9-25-10-22-19-17(20(25)28)12-4-2-3-5-15(12)30-19/h6-8,10,27H,2-5,9H2,1H3,(H,24,26)/b23-8+. The van der Waals surface area contributed by atoms with Crippen molar-refractivity contribution in [3.8, 4) is 11.5 Å². The Morgan fingerprint density at radius 3 is 3.03 bits per heavy atom. The molecule has 1 aliphatic carbocycles. The highest BCUT2D eigenvalue weighted by atomic mass is 79.9. The fraction of sp³-hybridized carbons (Fsp3) is 0.300. The van der Waals surface area contributed by atoms with Gasteiger partial charge in [0.25, 0.3) is 11.5 Å². The zero-order valence-corrected chi connectivity index (χ0v) is 18.5. The Balaban J connectivity index is 1.49. The second kappa shape index (κ2) is 8.57. The summed E-state index contributed by atoms with van der Waals surface area (Å²) in [5.41, 5.74) is 3.93. The van der Waals surface area contributed by atoms with Crippen LogP contribution < -0.4 is 15.7 Å². The molecule has 0 unspecified atom stereocenters. The number of methoxy groups -OCH3 is 1. The topological polar surface area (TPSA) is 106 Å². The van der Waals surface area contributed by atoms with Crippen LogP contribution in [0.25, 0.3) is 10.2 Å². The fourth-order valence-electron chi connectivity index (χ4n) is 3.49. The Morgan fingerprint density at radius 1 is 1.43 bits per heavy atom. The number of ether oxygens (including phenoxy) is 1. The molecule has 0 spiro atoms. The molecule has 4 rings (SSSR count). The number of hydrogen-bond acceptors (Lipinski definition) is 7. The predicted octanol–water partition coefficient (Wildman–Crippen LogP) is 2.96. The van der Waals surface area contributed by atoms with E-state index >= 15 is 0 Å². The molecule has 156 valence electrons. The highest BCUT2D eigenvalue weighted by molar-refractivity contribution is 9.10. The monoisotopic (exact) mass is 490 g/mol. The number of amides is 1. The van der Waals surface area contributed by atoms with E-state index in [1.807, 2.05) is 0 Å². The van der Waals surface area contributed by atoms with E-state index in [0.717, 1.165) is 36.1 Å². The van der Waals surface area contributed by atoms with Gasteiger partial charge in [0.15, 0.2) is 11.5 Å². The van der Waals surface area contributed by atoms with Crippen LogP contribution in [0, 0.1) is 0 Å². The number of nitrogens with zero attached hydrogens (tertiary/aromatic N) is 3. The molecule has 30 heavy (non-hydrogen) atoms. The van der Waals surface area contributed by atoms with Crippen LogP contribution in [-0.4, -0.2) is 33.9 Å². The van der Waals surface area contributed by atoms with Gasteiger partial charge >= 0.3 is 0 Å². The minimum absolute atomic E-state index is 0.0171. The number of phenols is 1. The predicted molar refractivity (Wildman–Crippen MR) is 119 cm³/mol. The van der Waals surface area contributed by atoms with E-state index in [4.69, 9.17) is 4.74 Å². The molecule has 0 bridgehead atoms. The molecule has 2 aromatic heterocycles. The van der Waals surface area contributed by atoms with Gasteiger partial charge < -0.3 is 9.84 Å². The normalized spacial score (nSPS) is 13.5. The number of hydrogen-bond donors (Lipinski definition) is 2. The van der Waals surface area contributed by atoms with E-state index in [1.54, 1.807) is 23.5 Å². The molecule has 3 aromatic rings. The molecule has 1 amide bonds. The molecule has 0 atom stereocenters. The van der Waals surface area contributed by atoms with Crippen molar-refractivity contribution in [2.45, 2.75) is 32.2 Å². The summed E-state index contributed by atoms with van der Waals surface area (Å²) in [4.78, 5) is 31.5. The van der Waals surface area contributed by atoms with Crippen LogP contribution in [0.15, 0.2) is 32.8 Å². The number of nitrogens with one attached hydrogen (secondary N) is 1. The molecule has 0 fully saturated rings. The molecule has 2 heterocycles. The van der Waals surface area contributed by atoms with Gasteiger partial charge in [-0.05, 0) is 64.9 Å². The lowest BCUT2D eigenvalue weighted by Gasteiger charge is -2.10. The summed E-state index contributed by atoms with van der Waals surface area (Å²) < 4.78 is 6.84. The summed E-state index contributed by atoms with van der Waals surface area (Å²) in [5, 5.41) is 14.4. The third kappa shape index (κ3) is 3.97. The lowest BCUT2D eigenvalue weighted by molar-refractivity contribution is -0.121. The average molecular weight is 491 g/mol. The van der Waals surface area contributed by atoms with E-state index in [1.165, 1.54) is 29.1 Å². The number of fused-ring (bicyclic) bond motifs is 3. The van der Waals surface area contributed by atoms with Crippen LogP contribution in [-0.2, 0) is 24.2 Å². The molecule has 0 aliphatic heterocycles. The van der Waals surface area contributed by atoms with Crippen LogP contribution in [0.3, 0.4) is 0 Å². The van der Waals surface area contributed by atoms with Crippen LogP contribution in [0.1, 0.15) is 28.8 Å². The minimum atomic E-state index is -0.441. The van der Waals surface area contributed by atoms with Crippen LogP contribution in [0.2, 0.25) is 0 Å². The molecular weight excluding hydrogens is 472 g/mol. The number of aromatic hydroxyl groups is 1. The van der Waals surface area contributed by atoms with E-state index in [9.17, 15) is 14.7 Å². The van der Waals surface area contributed by atoms with Gasteiger partial charge in [-0.25, -0.2) is 10.4 Å². The molecule has 0 saturated heterocycles. The Hall–Kier alpha value is -2.72. The zero-order chi connectivity index (χ0) is 21.3. The lowest BCUT2D eigenvalue weighted by Crippen LogP contribution is -2.30. The lowest BCUT2D eigenvalue weighted by atomic mass is 9.97. The van der Waals surface area contributed by atoms with Gasteiger partial charge in [0.05, 0.1) is 29.5 Å². The number of carbonyl (C=O) groups excluding carboxylic acids is 1. The Bertz CT molecular complexity index is 1220. The number of aromatic nitrogens is 2. The maximum absolute atomic E-state index is 12.9. The van der Waals surface area contributed by atoms with Gasteiger partial charge in [0.2, 0.25) is 0 Å². The fourth-order valence-corrected chi connectivity index (χ4v) is 5.17. The quantitative estimate of drug-likeness (QED) is 0.422. The van der Waals surface area contributed by atoms with Crippen LogP contribution >= 0.6 is 27.3 Å².